The van der Waals surface area contributed by atoms with Crippen LogP contribution in [0.15, 0.2) is 0 Å². The van der Waals surface area contributed by atoms with Crippen LogP contribution in [0, 0.1) is 23.7 Å². The van der Waals surface area contributed by atoms with Gasteiger partial charge < -0.3 is 35.4 Å². The quantitative estimate of drug-likeness (QED) is 0.123. The van der Waals surface area contributed by atoms with Gasteiger partial charge in [0.2, 0.25) is 0 Å². The van der Waals surface area contributed by atoms with Crippen LogP contribution in [0.5, 0.6) is 0 Å². The van der Waals surface area contributed by atoms with Crippen molar-refractivity contribution in [3.63, 3.8) is 0 Å². The zero-order valence-corrected chi connectivity index (χ0v) is 16.9. The first-order valence-electron chi connectivity index (χ1n) is 6.73. The van der Waals surface area contributed by atoms with Crippen molar-refractivity contribution < 1.29 is 98.4 Å². The first-order valence-corrected chi connectivity index (χ1v) is 8.01. The van der Waals surface area contributed by atoms with E-state index in [1.165, 1.54) is 0 Å². The third-order valence-electron chi connectivity index (χ3n) is 3.59. The summed E-state index contributed by atoms with van der Waals surface area (Å²) in [4.78, 5) is 76.4. The van der Waals surface area contributed by atoms with E-state index in [9.17, 15) is 48.7 Å². The number of carbonyl (C=O) groups excluding carboxylic acids is 1. The Hall–Kier alpha value is -2.12. The minimum absolute atomic E-state index is 0. The molecule has 0 rings (SSSR count). The van der Waals surface area contributed by atoms with E-state index in [4.69, 9.17) is 20.2 Å². The molecule has 0 heterocycles. The number of carboxylic acids is 6. The molecule has 0 aromatic heterocycles. The van der Waals surface area contributed by atoms with Gasteiger partial charge in [0.15, 0.2) is 0 Å². The molecule has 0 saturated heterocycles. The molecule has 150 valence electrons. The maximum Gasteiger partial charge on any atom is 1.00 e. The summed E-state index contributed by atoms with van der Waals surface area (Å²) in [5.74, 6) is -24.5. The van der Waals surface area contributed by atoms with Crippen LogP contribution in [0.1, 0.15) is 6.42 Å². The van der Waals surface area contributed by atoms with Gasteiger partial charge in [0.05, 0.1) is 18.3 Å². The number of hydrogen-bond acceptors (Lipinski definition) is 8. The van der Waals surface area contributed by atoms with Gasteiger partial charge in [0.25, 0.3) is 5.66 Å². The number of hydrogen-bond donors (Lipinski definition) is 6. The van der Waals surface area contributed by atoms with Gasteiger partial charge in [0, 0.05) is 11.9 Å². The van der Waals surface area contributed by atoms with Crippen molar-refractivity contribution in [2.24, 2.45) is 23.7 Å². The largest absolute Gasteiger partial charge is 1.00 e. The second kappa shape index (κ2) is 11.7. The molecule has 0 radical (unpaired) electrons. The standard InChI is InChI=1S/C12H13O14P.Na/c13-3(14)1-2(8(15)16)4(9(17)18)5(10(19)20)6(11(21)22)7(12(23)24)27(25)26;/h2,4-7H,1H2,(H6-,13,14,15,16,17,18,19,20,21,22,23,24,25,26);/q;+1. The summed E-state index contributed by atoms with van der Waals surface area (Å²) >= 11 is 0. The molecule has 6 N–H and O–H groups in total. The monoisotopic (exact) mass is 435 g/mol. The molecule has 0 aromatic carbocycles. The van der Waals surface area contributed by atoms with Crippen LogP contribution in [0.25, 0.3) is 0 Å². The molecule has 28 heavy (non-hydrogen) atoms. The minimum Gasteiger partial charge on any atom is -0.550 e. The topological polar surface area (TPSA) is 264 Å². The molecule has 6 unspecified atom stereocenters. The van der Waals surface area contributed by atoms with Gasteiger partial charge >= 0.3 is 67.4 Å². The van der Waals surface area contributed by atoms with E-state index in [2.05, 4.69) is 0 Å². The Kier molecular flexibility index (Phi) is 11.7. The predicted octanol–water partition coefficient (Wildman–Crippen LogP) is -5.88. The molecular weight excluding hydrogens is 422 g/mol. The number of rotatable bonds is 12. The zero-order chi connectivity index (χ0) is 21.6. The molecule has 6 atom stereocenters. The summed E-state index contributed by atoms with van der Waals surface area (Å²) in [5, 5.41) is 56.3. The Balaban J connectivity index is 0. The van der Waals surface area contributed by atoms with Gasteiger partial charge in [0.1, 0.15) is 5.92 Å². The van der Waals surface area contributed by atoms with Crippen LogP contribution >= 0.6 is 8.03 Å². The molecule has 0 aliphatic carbocycles. The van der Waals surface area contributed by atoms with Crippen molar-refractivity contribution in [3.05, 3.63) is 0 Å². The number of carbonyl (C=O) groups is 6. The summed E-state index contributed by atoms with van der Waals surface area (Å²) in [5.41, 5.74) is -2.81. The van der Waals surface area contributed by atoms with Crippen LogP contribution in [0.2, 0.25) is 0 Å². The van der Waals surface area contributed by atoms with Gasteiger partial charge in [-0.05, 0) is 4.57 Å². The Morgan fingerprint density at radius 2 is 1.14 bits per heavy atom. The number of carboxylic acid groups (broad SMARTS) is 6. The van der Waals surface area contributed by atoms with E-state index in [1.807, 2.05) is 0 Å². The predicted molar refractivity (Wildman–Crippen MR) is 75.4 cm³/mol. The van der Waals surface area contributed by atoms with E-state index >= 15 is 0 Å². The second-order valence-corrected chi connectivity index (χ2v) is 6.36. The van der Waals surface area contributed by atoms with Crippen molar-refractivity contribution >= 4 is 43.8 Å². The maximum atomic E-state index is 11.5. The van der Waals surface area contributed by atoms with E-state index in [-0.39, 0.29) is 29.6 Å². The first kappa shape index (κ1) is 28.1. The summed E-state index contributed by atoms with van der Waals surface area (Å²) < 4.78 is 11.2. The second-order valence-electron chi connectivity index (χ2n) is 5.20. The maximum absolute atomic E-state index is 11.5. The first-order chi connectivity index (χ1) is 12.2. The van der Waals surface area contributed by atoms with Crippen LogP contribution in [-0.4, -0.2) is 71.9 Å². The fraction of sp³-hybridized carbons (Fsp3) is 0.500. The SMILES string of the molecule is O=C(O)CC(C(=O)[O-])C(C(=O)O)C(C(=O)O)C(C(=O)O)C(C(=O)O)[P+](=O)O.[Na+]. The average molecular weight is 435 g/mol. The van der Waals surface area contributed by atoms with Crippen molar-refractivity contribution in [2.45, 2.75) is 12.1 Å². The van der Waals surface area contributed by atoms with Crippen LogP contribution in [-0.2, 0) is 33.3 Å². The summed E-state index contributed by atoms with van der Waals surface area (Å²) in [6.07, 6.45) is -1.49. The smallest absolute Gasteiger partial charge is 0.550 e. The van der Waals surface area contributed by atoms with E-state index < -0.39 is 79.6 Å². The normalized spacial score (nSPS) is 16.2. The van der Waals surface area contributed by atoms with Gasteiger partial charge in [-0.3, -0.25) is 19.2 Å². The molecule has 0 fully saturated rings. The molecule has 0 bridgehead atoms. The zero-order valence-electron chi connectivity index (χ0n) is 14.0. The van der Waals surface area contributed by atoms with Crippen molar-refractivity contribution in [1.29, 1.82) is 0 Å². The Morgan fingerprint density at radius 3 is 1.36 bits per heavy atom. The molecular formula is C12H13NaO14P+. The van der Waals surface area contributed by atoms with Crippen molar-refractivity contribution in [2.75, 3.05) is 0 Å². The van der Waals surface area contributed by atoms with Gasteiger partial charge in [-0.2, -0.15) is 4.89 Å². The van der Waals surface area contributed by atoms with E-state index in [1.54, 1.807) is 0 Å². The molecule has 0 saturated carbocycles. The molecule has 0 aliphatic heterocycles. The van der Waals surface area contributed by atoms with Gasteiger partial charge in [-0.25, -0.2) is 4.79 Å². The minimum atomic E-state index is -3.89. The third-order valence-corrected chi connectivity index (χ3v) is 4.61. The summed E-state index contributed by atoms with van der Waals surface area (Å²) in [6, 6.07) is 0. The van der Waals surface area contributed by atoms with Gasteiger partial charge in [-0.1, -0.05) is 0 Å². The average Bonchev–Trinajstić information content (AvgIpc) is 2.46. The van der Waals surface area contributed by atoms with Crippen LogP contribution in [0.3, 0.4) is 0 Å². The van der Waals surface area contributed by atoms with Crippen LogP contribution in [0.4, 0.5) is 0 Å². The molecule has 0 aliphatic rings. The number of aliphatic carboxylic acids is 6. The van der Waals surface area contributed by atoms with Crippen molar-refractivity contribution in [3.8, 4) is 0 Å². The fourth-order valence-electron chi connectivity index (χ4n) is 2.52. The molecule has 0 spiro atoms. The van der Waals surface area contributed by atoms with E-state index in [0.29, 0.717) is 0 Å². The Morgan fingerprint density at radius 1 is 0.750 bits per heavy atom. The fourth-order valence-corrected chi connectivity index (χ4v) is 3.30. The van der Waals surface area contributed by atoms with Gasteiger partial charge in [-0.15, -0.1) is 0 Å². The molecule has 16 heteroatoms. The summed E-state index contributed by atoms with van der Waals surface area (Å²) in [7, 11) is -3.89. The van der Waals surface area contributed by atoms with Crippen LogP contribution < -0.4 is 34.7 Å². The van der Waals surface area contributed by atoms with E-state index in [0.717, 1.165) is 0 Å². The Bertz CT molecular complexity index is 676. The summed E-state index contributed by atoms with van der Waals surface area (Å²) in [6.45, 7) is 0. The molecule has 14 nitrogen and oxygen atoms in total. The molecule has 0 amide bonds. The third kappa shape index (κ3) is 7.13. The molecule has 0 aromatic rings. The van der Waals surface area contributed by atoms with Crippen molar-refractivity contribution in [1.82, 2.24) is 0 Å². The Labute approximate surface area is 177 Å².